The number of unbranched alkanes of at least 4 members (excludes halogenated alkanes) is 28. The predicted octanol–water partition coefficient (Wildman–Crippen LogP) is 20.9. The molecule has 2 aromatic carbocycles. The minimum Gasteiger partial charge on any atom is -0.252 e. The number of hydrogen-bond acceptors (Lipinski definition) is 2. The molecule has 0 atom stereocenters. The van der Waals surface area contributed by atoms with Crippen LogP contribution in [0.3, 0.4) is 0 Å². The summed E-state index contributed by atoms with van der Waals surface area (Å²) in [7, 11) is 0. The molecule has 364 valence electrons. The number of rotatable bonds is 43. The predicted molar refractivity (Wildman–Crippen MR) is 282 cm³/mol. The first-order valence-corrected chi connectivity index (χ1v) is 28.0. The maximum absolute atomic E-state index is 5.66. The topological polar surface area (TPSA) is 24.7 Å². The van der Waals surface area contributed by atoms with Crippen molar-refractivity contribution in [2.75, 3.05) is 0 Å². The second-order valence-corrected chi connectivity index (χ2v) is 19.5. The van der Waals surface area contributed by atoms with Crippen molar-refractivity contribution in [1.82, 2.24) is 0 Å². The summed E-state index contributed by atoms with van der Waals surface area (Å²) in [6.07, 6.45) is 52.7. The zero-order valence-corrected chi connectivity index (χ0v) is 44.5. The van der Waals surface area contributed by atoms with Gasteiger partial charge in [0.25, 0.3) is 0 Å². The van der Waals surface area contributed by atoms with E-state index in [1.807, 2.05) is 0 Å². The Balaban J connectivity index is 0.0000198. The van der Waals surface area contributed by atoms with Gasteiger partial charge in [0.2, 0.25) is 0 Å². The summed E-state index contributed by atoms with van der Waals surface area (Å²) in [4.78, 5) is 11.3. The normalized spacial score (nSPS) is 12.0. The number of aliphatic imine (C=N–C) groups is 2. The van der Waals surface area contributed by atoms with Gasteiger partial charge in [-0.05, 0) is 124 Å². The van der Waals surface area contributed by atoms with E-state index in [-0.39, 0.29) is 20.4 Å². The summed E-state index contributed by atoms with van der Waals surface area (Å²) >= 11 is 0. The summed E-state index contributed by atoms with van der Waals surface area (Å²) in [5.41, 5.74) is 10.8. The molecule has 0 saturated carbocycles. The molecule has 0 amide bonds. The first-order valence-electron chi connectivity index (χ1n) is 28.0. The van der Waals surface area contributed by atoms with Crippen molar-refractivity contribution >= 4 is 22.8 Å². The SMILES string of the molecule is CCCCCCCCCCCCCCCCCCCCCCC(=Nc1cc(CCCCC)cc(CCCCC)c1)C(CCCC)=Nc1cc(CCCCC)cc(CCCCC)c1.[Pd]. The summed E-state index contributed by atoms with van der Waals surface area (Å²) in [6, 6.07) is 14.7. The van der Waals surface area contributed by atoms with Crippen LogP contribution < -0.4 is 0 Å². The first kappa shape index (κ1) is 59.5. The molecule has 0 saturated heterocycles. The van der Waals surface area contributed by atoms with Crippen molar-refractivity contribution in [3.05, 3.63) is 58.7 Å². The van der Waals surface area contributed by atoms with Crippen LogP contribution in [-0.2, 0) is 46.1 Å². The number of aryl methyl sites for hydroxylation is 4. The van der Waals surface area contributed by atoms with Gasteiger partial charge in [0.1, 0.15) is 0 Å². The summed E-state index contributed by atoms with van der Waals surface area (Å²) in [6.45, 7) is 13.9. The molecule has 0 unspecified atom stereocenters. The van der Waals surface area contributed by atoms with Crippen LogP contribution in [-0.4, -0.2) is 11.4 Å². The van der Waals surface area contributed by atoms with Gasteiger partial charge >= 0.3 is 0 Å². The number of benzene rings is 2. The van der Waals surface area contributed by atoms with Gasteiger partial charge in [0, 0.05) is 20.4 Å². The fourth-order valence-corrected chi connectivity index (χ4v) is 9.24. The molecule has 2 nitrogen and oxygen atoms in total. The van der Waals surface area contributed by atoms with Gasteiger partial charge in [0.15, 0.2) is 0 Å². The third-order valence-electron chi connectivity index (χ3n) is 13.2. The first-order chi connectivity index (χ1) is 30.6. The van der Waals surface area contributed by atoms with Gasteiger partial charge in [0.05, 0.1) is 22.8 Å². The Hall–Kier alpha value is -1.56. The van der Waals surface area contributed by atoms with E-state index in [9.17, 15) is 0 Å². The van der Waals surface area contributed by atoms with Crippen LogP contribution in [0.5, 0.6) is 0 Å². The number of nitrogens with zero attached hydrogens (tertiary/aromatic N) is 2. The fraction of sp³-hybridized carbons (Fsp3) is 0.767. The van der Waals surface area contributed by atoms with Crippen molar-refractivity contribution < 1.29 is 20.4 Å². The Morgan fingerprint density at radius 3 is 0.762 bits per heavy atom. The second kappa shape index (κ2) is 43.0. The van der Waals surface area contributed by atoms with Crippen molar-refractivity contribution in [3.8, 4) is 0 Å². The molecular weight excluding hydrogens is 855 g/mol. The van der Waals surface area contributed by atoms with Gasteiger partial charge in [-0.25, -0.2) is 0 Å². The average Bonchev–Trinajstić information content (AvgIpc) is 3.27. The molecular formula is C60H104N2Pd. The van der Waals surface area contributed by atoms with E-state index in [1.165, 1.54) is 257 Å². The fourth-order valence-electron chi connectivity index (χ4n) is 9.24. The Morgan fingerprint density at radius 2 is 0.492 bits per heavy atom. The molecule has 0 aliphatic heterocycles. The Kier molecular flexibility index (Phi) is 40.6. The van der Waals surface area contributed by atoms with E-state index in [0.717, 1.165) is 44.9 Å². The molecule has 63 heavy (non-hydrogen) atoms. The van der Waals surface area contributed by atoms with Crippen LogP contribution in [0.15, 0.2) is 46.4 Å². The quantitative estimate of drug-likeness (QED) is 0.0359. The van der Waals surface area contributed by atoms with E-state index in [0.29, 0.717) is 0 Å². The second-order valence-electron chi connectivity index (χ2n) is 19.5. The summed E-state index contributed by atoms with van der Waals surface area (Å²) < 4.78 is 0. The Labute approximate surface area is 408 Å². The molecule has 0 fully saturated rings. The summed E-state index contributed by atoms with van der Waals surface area (Å²) in [5.74, 6) is 0. The monoisotopic (exact) mass is 959 g/mol. The molecule has 0 bridgehead atoms. The van der Waals surface area contributed by atoms with Crippen molar-refractivity contribution in [2.45, 2.75) is 298 Å². The van der Waals surface area contributed by atoms with Gasteiger partial charge in [-0.2, -0.15) is 0 Å². The van der Waals surface area contributed by atoms with Gasteiger partial charge < -0.3 is 0 Å². The molecule has 2 aromatic rings. The maximum Gasteiger partial charge on any atom is 0.0639 e. The van der Waals surface area contributed by atoms with Crippen LogP contribution in [0, 0.1) is 0 Å². The van der Waals surface area contributed by atoms with Crippen LogP contribution in [0.4, 0.5) is 11.4 Å². The van der Waals surface area contributed by atoms with E-state index in [1.54, 1.807) is 0 Å². The van der Waals surface area contributed by atoms with Crippen LogP contribution >= 0.6 is 0 Å². The molecule has 0 aromatic heterocycles. The van der Waals surface area contributed by atoms with E-state index in [2.05, 4.69) is 77.9 Å². The van der Waals surface area contributed by atoms with Crippen LogP contribution in [0.2, 0.25) is 0 Å². The van der Waals surface area contributed by atoms with Crippen molar-refractivity contribution in [1.29, 1.82) is 0 Å². The number of hydrogen-bond donors (Lipinski definition) is 0. The molecule has 0 N–H and O–H groups in total. The largest absolute Gasteiger partial charge is 0.252 e. The average molecular weight is 960 g/mol. The Bertz CT molecular complexity index is 1330. The van der Waals surface area contributed by atoms with Crippen LogP contribution in [0.1, 0.15) is 295 Å². The molecule has 0 radical (unpaired) electrons. The van der Waals surface area contributed by atoms with Gasteiger partial charge in [-0.15, -0.1) is 0 Å². The molecule has 0 spiro atoms. The van der Waals surface area contributed by atoms with E-state index < -0.39 is 0 Å². The van der Waals surface area contributed by atoms with E-state index >= 15 is 0 Å². The summed E-state index contributed by atoms with van der Waals surface area (Å²) in [5, 5.41) is 0. The van der Waals surface area contributed by atoms with Crippen molar-refractivity contribution in [3.63, 3.8) is 0 Å². The zero-order chi connectivity index (χ0) is 44.6. The molecule has 0 heterocycles. The van der Waals surface area contributed by atoms with Gasteiger partial charge in [-0.3, -0.25) is 9.98 Å². The van der Waals surface area contributed by atoms with Gasteiger partial charge in [-0.1, -0.05) is 233 Å². The molecule has 0 aliphatic carbocycles. The third kappa shape index (κ3) is 31.9. The smallest absolute Gasteiger partial charge is 0.0639 e. The molecule has 2 rings (SSSR count). The third-order valence-corrected chi connectivity index (χ3v) is 13.2. The maximum atomic E-state index is 5.66. The standard InChI is InChI=1S/C60H104N2.Pd/c1-7-13-19-20-21-22-23-24-25-26-27-28-29-30-31-32-33-34-35-40-46-60(62-58-51-55(43-38-16-10-4)48-56(52-58)44-39-17-11-5)59(45-18-12-6)61-57-49-53(41-36-14-8-2)47-54(50-57)42-37-15-9-3;/h47-52H,7-46H2,1-6H3;. The molecule has 0 aliphatic rings. The Morgan fingerprint density at radius 1 is 0.270 bits per heavy atom. The van der Waals surface area contributed by atoms with Crippen LogP contribution in [0.25, 0.3) is 0 Å². The zero-order valence-electron chi connectivity index (χ0n) is 43.0. The van der Waals surface area contributed by atoms with E-state index in [4.69, 9.17) is 9.98 Å². The minimum atomic E-state index is 0. The molecule has 3 heteroatoms. The minimum absolute atomic E-state index is 0. The van der Waals surface area contributed by atoms with Crippen molar-refractivity contribution in [2.24, 2.45) is 9.98 Å².